The zero-order valence-corrected chi connectivity index (χ0v) is 5.92. The standard InChI is InChI=1S/C5H12N2O3.CH4/c1-9-5(8)7-3-2-4-10-6;/h2-4,6H2,1H3,(H,7,8);1H4. The van der Waals surface area contributed by atoms with Crippen LogP contribution in [0.1, 0.15) is 13.8 Å². The number of hydrogen-bond donors (Lipinski definition) is 2. The van der Waals surface area contributed by atoms with E-state index in [0.717, 1.165) is 0 Å². The van der Waals surface area contributed by atoms with Crippen molar-refractivity contribution in [2.75, 3.05) is 20.3 Å². The molecular weight excluding hydrogens is 148 g/mol. The fourth-order valence-electron chi connectivity index (χ4n) is 0.418. The summed E-state index contributed by atoms with van der Waals surface area (Å²) in [5.74, 6) is 4.73. The summed E-state index contributed by atoms with van der Waals surface area (Å²) in [5, 5.41) is 2.47. The molecule has 0 rings (SSSR count). The maximum absolute atomic E-state index is 10.4. The molecule has 0 fully saturated rings. The zero-order chi connectivity index (χ0) is 7.82. The first-order valence-corrected chi connectivity index (χ1v) is 2.94. The highest BCUT2D eigenvalue weighted by Gasteiger charge is 1.94. The highest BCUT2D eigenvalue weighted by atomic mass is 16.6. The van der Waals surface area contributed by atoms with Crippen LogP contribution in [0.15, 0.2) is 0 Å². The van der Waals surface area contributed by atoms with Gasteiger partial charge in [-0.25, -0.2) is 10.7 Å². The van der Waals surface area contributed by atoms with E-state index < -0.39 is 6.09 Å². The average molecular weight is 164 g/mol. The fourth-order valence-corrected chi connectivity index (χ4v) is 0.418. The molecule has 5 nitrogen and oxygen atoms in total. The van der Waals surface area contributed by atoms with E-state index in [1.54, 1.807) is 0 Å². The first kappa shape index (κ1) is 12.8. The number of hydrogen-bond acceptors (Lipinski definition) is 4. The summed E-state index contributed by atoms with van der Waals surface area (Å²) in [7, 11) is 1.31. The molecule has 0 aromatic rings. The second-order valence-electron chi connectivity index (χ2n) is 1.64. The molecular formula is C6H16N2O3. The van der Waals surface area contributed by atoms with Gasteiger partial charge in [-0.15, -0.1) is 0 Å². The second kappa shape index (κ2) is 9.19. The van der Waals surface area contributed by atoms with E-state index in [9.17, 15) is 4.79 Å². The third-order valence-corrected chi connectivity index (χ3v) is 0.894. The van der Waals surface area contributed by atoms with Gasteiger partial charge in [-0.2, -0.15) is 0 Å². The summed E-state index contributed by atoms with van der Waals surface area (Å²) in [5.41, 5.74) is 0. The summed E-state index contributed by atoms with van der Waals surface area (Å²) >= 11 is 0. The molecule has 0 aliphatic rings. The van der Waals surface area contributed by atoms with Gasteiger partial charge in [0.2, 0.25) is 0 Å². The number of carbonyl (C=O) groups excluding carboxylic acids is 1. The van der Waals surface area contributed by atoms with Crippen LogP contribution < -0.4 is 11.2 Å². The van der Waals surface area contributed by atoms with E-state index in [-0.39, 0.29) is 7.43 Å². The number of amides is 1. The van der Waals surface area contributed by atoms with Crippen LogP contribution in [-0.2, 0) is 9.57 Å². The van der Waals surface area contributed by atoms with Crippen molar-refractivity contribution in [2.45, 2.75) is 13.8 Å². The summed E-state index contributed by atoms with van der Waals surface area (Å²) in [6.45, 7) is 0.952. The summed E-state index contributed by atoms with van der Waals surface area (Å²) in [6, 6.07) is 0. The molecule has 68 valence electrons. The van der Waals surface area contributed by atoms with Gasteiger partial charge in [-0.05, 0) is 6.42 Å². The molecule has 0 bridgehead atoms. The molecule has 0 aliphatic carbocycles. The number of rotatable bonds is 4. The predicted molar refractivity (Wildman–Crippen MR) is 41.9 cm³/mol. The van der Waals surface area contributed by atoms with Crippen LogP contribution in [0.5, 0.6) is 0 Å². The lowest BCUT2D eigenvalue weighted by atomic mass is 10.4. The van der Waals surface area contributed by atoms with E-state index >= 15 is 0 Å². The fraction of sp³-hybridized carbons (Fsp3) is 0.833. The van der Waals surface area contributed by atoms with E-state index in [1.165, 1.54) is 7.11 Å². The van der Waals surface area contributed by atoms with Crippen molar-refractivity contribution in [3.05, 3.63) is 0 Å². The molecule has 11 heavy (non-hydrogen) atoms. The Kier molecular flexibility index (Phi) is 10.7. The Morgan fingerprint density at radius 3 is 2.73 bits per heavy atom. The Hall–Kier alpha value is -0.810. The van der Waals surface area contributed by atoms with Crippen molar-refractivity contribution in [1.82, 2.24) is 5.32 Å². The maximum Gasteiger partial charge on any atom is 0.406 e. The lowest BCUT2D eigenvalue weighted by Gasteiger charge is -2.01. The average Bonchev–Trinajstić information content (AvgIpc) is 1.98. The van der Waals surface area contributed by atoms with Crippen LogP contribution in [0.2, 0.25) is 0 Å². The minimum Gasteiger partial charge on any atom is -0.453 e. The molecule has 0 spiro atoms. The quantitative estimate of drug-likeness (QED) is 0.461. The third kappa shape index (κ3) is 9.19. The zero-order valence-electron chi connectivity index (χ0n) is 5.92. The lowest BCUT2D eigenvalue weighted by Crippen LogP contribution is -2.25. The first-order chi connectivity index (χ1) is 4.81. The molecule has 0 heterocycles. The smallest absolute Gasteiger partial charge is 0.406 e. The predicted octanol–water partition coefficient (Wildman–Crippen LogP) is 0.259. The van der Waals surface area contributed by atoms with Crippen molar-refractivity contribution < 1.29 is 14.4 Å². The van der Waals surface area contributed by atoms with E-state index in [2.05, 4.69) is 14.9 Å². The third-order valence-electron chi connectivity index (χ3n) is 0.894. The van der Waals surface area contributed by atoms with E-state index in [1.807, 2.05) is 0 Å². The van der Waals surface area contributed by atoms with Crippen molar-refractivity contribution in [2.24, 2.45) is 5.90 Å². The molecule has 0 radical (unpaired) electrons. The molecule has 3 N–H and O–H groups in total. The number of ether oxygens (including phenoxy) is 1. The van der Waals surface area contributed by atoms with Gasteiger partial charge in [0, 0.05) is 6.54 Å². The molecule has 0 saturated heterocycles. The van der Waals surface area contributed by atoms with Crippen molar-refractivity contribution in [1.29, 1.82) is 0 Å². The second-order valence-corrected chi connectivity index (χ2v) is 1.64. The molecule has 0 aromatic carbocycles. The van der Waals surface area contributed by atoms with Crippen molar-refractivity contribution >= 4 is 6.09 Å². The minimum atomic E-state index is -0.433. The highest BCUT2D eigenvalue weighted by molar-refractivity contribution is 5.66. The van der Waals surface area contributed by atoms with Gasteiger partial charge in [-0.3, -0.25) is 0 Å². The molecule has 0 aromatic heterocycles. The summed E-state index contributed by atoms with van der Waals surface area (Å²) in [6.07, 6.45) is 0.253. The molecule has 0 unspecified atom stereocenters. The Labute approximate surface area is 66.8 Å². The topological polar surface area (TPSA) is 73.6 Å². The molecule has 0 atom stereocenters. The molecule has 5 heteroatoms. The molecule has 0 saturated carbocycles. The van der Waals surface area contributed by atoms with Crippen LogP contribution >= 0.6 is 0 Å². The van der Waals surface area contributed by atoms with Crippen LogP contribution in [-0.4, -0.2) is 26.4 Å². The minimum absolute atomic E-state index is 0. The largest absolute Gasteiger partial charge is 0.453 e. The van der Waals surface area contributed by atoms with Gasteiger partial charge < -0.3 is 14.9 Å². The van der Waals surface area contributed by atoms with Gasteiger partial charge >= 0.3 is 6.09 Å². The maximum atomic E-state index is 10.4. The monoisotopic (exact) mass is 164 g/mol. The van der Waals surface area contributed by atoms with Gasteiger partial charge in [0.25, 0.3) is 0 Å². The number of alkyl carbamates (subject to hydrolysis) is 1. The van der Waals surface area contributed by atoms with Crippen LogP contribution in [0, 0.1) is 0 Å². The number of carbonyl (C=O) groups is 1. The highest BCUT2D eigenvalue weighted by Crippen LogP contribution is 1.76. The summed E-state index contributed by atoms with van der Waals surface area (Å²) < 4.78 is 4.31. The summed E-state index contributed by atoms with van der Waals surface area (Å²) in [4.78, 5) is 14.6. The Bertz CT molecular complexity index is 97.8. The number of nitrogens with one attached hydrogen (secondary N) is 1. The van der Waals surface area contributed by atoms with Crippen LogP contribution in [0.25, 0.3) is 0 Å². The van der Waals surface area contributed by atoms with Crippen molar-refractivity contribution in [3.63, 3.8) is 0 Å². The Balaban J connectivity index is 0. The number of methoxy groups -OCH3 is 1. The van der Waals surface area contributed by atoms with Gasteiger partial charge in [0.1, 0.15) is 0 Å². The van der Waals surface area contributed by atoms with Crippen LogP contribution in [0.3, 0.4) is 0 Å². The lowest BCUT2D eigenvalue weighted by molar-refractivity contribution is 0.133. The van der Waals surface area contributed by atoms with Crippen LogP contribution in [0.4, 0.5) is 4.79 Å². The van der Waals surface area contributed by atoms with E-state index in [4.69, 9.17) is 5.90 Å². The SMILES string of the molecule is C.COC(=O)NCCCON. The van der Waals surface area contributed by atoms with Crippen molar-refractivity contribution in [3.8, 4) is 0 Å². The number of nitrogens with two attached hydrogens (primary N) is 1. The van der Waals surface area contributed by atoms with Gasteiger partial charge in [0.15, 0.2) is 0 Å². The Morgan fingerprint density at radius 2 is 2.27 bits per heavy atom. The van der Waals surface area contributed by atoms with Gasteiger partial charge in [-0.1, -0.05) is 7.43 Å². The van der Waals surface area contributed by atoms with Gasteiger partial charge in [0.05, 0.1) is 13.7 Å². The molecule has 0 aliphatic heterocycles. The van der Waals surface area contributed by atoms with E-state index in [0.29, 0.717) is 19.6 Å². The first-order valence-electron chi connectivity index (χ1n) is 2.94. The molecule has 1 amide bonds. The Morgan fingerprint density at radius 1 is 1.64 bits per heavy atom. The normalized spacial score (nSPS) is 8.18.